The third-order valence-corrected chi connectivity index (χ3v) is 7.82. The van der Waals surface area contributed by atoms with E-state index in [1.807, 2.05) is 0 Å². The van der Waals surface area contributed by atoms with Crippen LogP contribution in [0.1, 0.15) is 12.8 Å². The number of hydrogen-bond acceptors (Lipinski definition) is 0. The average Bonchev–Trinajstić information content (AvgIpc) is 2.55. The van der Waals surface area contributed by atoms with Crippen LogP contribution >= 0.6 is 0 Å². The highest BCUT2D eigenvalue weighted by Crippen LogP contribution is 2.29. The molecule has 64 valence electrons. The van der Waals surface area contributed by atoms with Gasteiger partial charge < -0.3 is 0 Å². The van der Waals surface area contributed by atoms with Crippen LogP contribution in [0.4, 0.5) is 0 Å². The Bertz CT molecular complexity index is 247. The highest BCUT2D eigenvalue weighted by Gasteiger charge is 2.32. The average molecular weight is 176 g/mol. The van der Waals surface area contributed by atoms with E-state index in [4.69, 9.17) is 0 Å². The van der Waals surface area contributed by atoms with Crippen molar-refractivity contribution in [1.29, 1.82) is 0 Å². The molecule has 1 aliphatic rings. The lowest BCUT2D eigenvalue weighted by Gasteiger charge is -2.20. The van der Waals surface area contributed by atoms with Gasteiger partial charge in [-0.3, -0.25) is 0 Å². The van der Waals surface area contributed by atoms with Gasteiger partial charge in [0.05, 0.1) is 8.07 Å². The van der Waals surface area contributed by atoms with Crippen LogP contribution < -0.4 is 5.19 Å². The zero-order valence-electron chi connectivity index (χ0n) is 7.72. The van der Waals surface area contributed by atoms with Crippen molar-refractivity contribution in [2.24, 2.45) is 0 Å². The lowest BCUT2D eigenvalue weighted by molar-refractivity contribution is 0.935. The van der Waals surface area contributed by atoms with Gasteiger partial charge in [0.2, 0.25) is 0 Å². The molecule has 12 heavy (non-hydrogen) atoms. The smallest absolute Gasteiger partial charge is 0.0652 e. The van der Waals surface area contributed by atoms with Gasteiger partial charge in [-0.1, -0.05) is 67.0 Å². The third kappa shape index (κ3) is 1.33. The number of benzene rings is 1. The summed E-state index contributed by atoms with van der Waals surface area (Å²) in [5.41, 5.74) is 0. The summed E-state index contributed by atoms with van der Waals surface area (Å²) in [6, 6.07) is 14.2. The standard InChI is InChI=1S/C11H16Si/c1-12(9-5-6-10-12)11-7-3-2-4-8-11/h2-4,7-8H,5-6,9-10H2,1H3. The molecule has 1 heterocycles. The molecule has 0 nitrogen and oxygen atoms in total. The summed E-state index contributed by atoms with van der Waals surface area (Å²) in [4.78, 5) is 0. The van der Waals surface area contributed by atoms with Gasteiger partial charge in [-0.25, -0.2) is 0 Å². The zero-order valence-corrected chi connectivity index (χ0v) is 8.72. The molecule has 1 fully saturated rings. The van der Waals surface area contributed by atoms with Crippen molar-refractivity contribution < 1.29 is 0 Å². The van der Waals surface area contributed by atoms with Crippen LogP contribution in [0, 0.1) is 0 Å². The molecule has 1 saturated heterocycles. The Kier molecular flexibility index (Phi) is 2.05. The molecule has 0 bridgehead atoms. The monoisotopic (exact) mass is 176 g/mol. The van der Waals surface area contributed by atoms with Gasteiger partial charge in [-0.15, -0.1) is 0 Å². The highest BCUT2D eigenvalue weighted by atomic mass is 28.3. The van der Waals surface area contributed by atoms with Crippen molar-refractivity contribution in [3.8, 4) is 0 Å². The maximum absolute atomic E-state index is 2.54. The van der Waals surface area contributed by atoms with Gasteiger partial charge >= 0.3 is 0 Å². The van der Waals surface area contributed by atoms with Gasteiger partial charge in [-0.2, -0.15) is 0 Å². The molecule has 1 heteroatoms. The Balaban J connectivity index is 2.29. The van der Waals surface area contributed by atoms with Crippen LogP contribution in [-0.2, 0) is 0 Å². The van der Waals surface area contributed by atoms with Crippen LogP contribution in [0.5, 0.6) is 0 Å². The third-order valence-electron chi connectivity index (χ3n) is 3.18. The molecule has 0 radical (unpaired) electrons. The van der Waals surface area contributed by atoms with Crippen LogP contribution in [0.3, 0.4) is 0 Å². The van der Waals surface area contributed by atoms with E-state index in [1.165, 1.54) is 24.9 Å². The van der Waals surface area contributed by atoms with E-state index in [0.717, 1.165) is 0 Å². The second kappa shape index (κ2) is 3.06. The summed E-state index contributed by atoms with van der Waals surface area (Å²) in [5.74, 6) is 0. The molecular formula is C11H16Si. The fourth-order valence-electron chi connectivity index (χ4n) is 2.28. The Morgan fingerprint density at radius 1 is 1.00 bits per heavy atom. The fourth-order valence-corrected chi connectivity index (χ4v) is 6.17. The van der Waals surface area contributed by atoms with Crippen molar-refractivity contribution >= 4 is 13.3 Å². The second-order valence-electron chi connectivity index (χ2n) is 4.13. The van der Waals surface area contributed by atoms with Crippen molar-refractivity contribution in [2.45, 2.75) is 31.5 Å². The summed E-state index contributed by atoms with van der Waals surface area (Å²) in [6.07, 6.45) is 2.94. The lowest BCUT2D eigenvalue weighted by atomic mass is 10.4. The number of hydrogen-bond donors (Lipinski definition) is 0. The first-order chi connectivity index (χ1) is 5.81. The van der Waals surface area contributed by atoms with Gasteiger partial charge in [0.15, 0.2) is 0 Å². The summed E-state index contributed by atoms with van der Waals surface area (Å²) in [7, 11) is -0.962. The van der Waals surface area contributed by atoms with Crippen molar-refractivity contribution in [2.75, 3.05) is 0 Å². The fraction of sp³-hybridized carbons (Fsp3) is 0.455. The summed E-state index contributed by atoms with van der Waals surface area (Å²) in [5, 5.41) is 1.67. The van der Waals surface area contributed by atoms with Gasteiger partial charge in [0, 0.05) is 0 Å². The summed E-state index contributed by atoms with van der Waals surface area (Å²) < 4.78 is 0. The Hall–Kier alpha value is -0.563. The van der Waals surface area contributed by atoms with E-state index in [1.54, 1.807) is 5.19 Å². The van der Waals surface area contributed by atoms with Crippen LogP contribution in [0.15, 0.2) is 30.3 Å². The van der Waals surface area contributed by atoms with Gasteiger partial charge in [0.25, 0.3) is 0 Å². The molecule has 0 atom stereocenters. The SMILES string of the molecule is C[Si]1(c2ccccc2)CCCC1. The lowest BCUT2D eigenvalue weighted by Crippen LogP contribution is -2.41. The second-order valence-corrected chi connectivity index (χ2v) is 8.83. The molecule has 1 aliphatic heterocycles. The highest BCUT2D eigenvalue weighted by molar-refractivity contribution is 6.91. The minimum Gasteiger partial charge on any atom is -0.0652 e. The minimum absolute atomic E-state index is 0.962. The van der Waals surface area contributed by atoms with Crippen LogP contribution in [0.25, 0.3) is 0 Å². The van der Waals surface area contributed by atoms with Crippen molar-refractivity contribution in [3.05, 3.63) is 30.3 Å². The molecule has 1 aromatic carbocycles. The first-order valence-corrected chi connectivity index (χ1v) is 7.78. The summed E-state index contributed by atoms with van der Waals surface area (Å²) in [6.45, 7) is 2.54. The molecular weight excluding hydrogens is 160 g/mol. The molecule has 1 aromatic rings. The predicted molar refractivity (Wildman–Crippen MR) is 56.5 cm³/mol. The largest absolute Gasteiger partial charge is 0.0836 e. The first-order valence-electron chi connectivity index (χ1n) is 4.87. The van der Waals surface area contributed by atoms with E-state index < -0.39 is 8.07 Å². The Morgan fingerprint density at radius 2 is 1.58 bits per heavy atom. The molecule has 0 aromatic heterocycles. The van der Waals surface area contributed by atoms with Gasteiger partial charge in [0.1, 0.15) is 0 Å². The van der Waals surface area contributed by atoms with E-state index in [9.17, 15) is 0 Å². The zero-order chi connectivity index (χ0) is 8.44. The van der Waals surface area contributed by atoms with Crippen molar-refractivity contribution in [1.82, 2.24) is 0 Å². The van der Waals surface area contributed by atoms with E-state index in [2.05, 4.69) is 36.9 Å². The summed E-state index contributed by atoms with van der Waals surface area (Å²) >= 11 is 0. The first kappa shape index (κ1) is 8.05. The molecule has 0 N–H and O–H groups in total. The molecule has 0 amide bonds. The normalized spacial score (nSPS) is 21.1. The minimum atomic E-state index is -0.962. The van der Waals surface area contributed by atoms with Crippen molar-refractivity contribution in [3.63, 3.8) is 0 Å². The van der Waals surface area contributed by atoms with E-state index in [-0.39, 0.29) is 0 Å². The molecule has 2 rings (SSSR count). The molecule has 0 spiro atoms. The van der Waals surface area contributed by atoms with E-state index >= 15 is 0 Å². The maximum atomic E-state index is 2.54. The molecule has 0 aliphatic carbocycles. The number of rotatable bonds is 1. The molecule has 0 saturated carbocycles. The van der Waals surface area contributed by atoms with Crippen LogP contribution in [-0.4, -0.2) is 8.07 Å². The van der Waals surface area contributed by atoms with Crippen LogP contribution in [0.2, 0.25) is 18.6 Å². The Morgan fingerprint density at radius 3 is 2.17 bits per heavy atom. The van der Waals surface area contributed by atoms with Gasteiger partial charge in [-0.05, 0) is 0 Å². The quantitative estimate of drug-likeness (QED) is 0.577. The maximum Gasteiger partial charge on any atom is 0.0836 e. The Labute approximate surface area is 75.6 Å². The molecule has 0 unspecified atom stereocenters. The van der Waals surface area contributed by atoms with E-state index in [0.29, 0.717) is 0 Å². The topological polar surface area (TPSA) is 0 Å². The predicted octanol–water partition coefficient (Wildman–Crippen LogP) is 2.77.